The fourth-order valence-electron chi connectivity index (χ4n) is 2.77. The van der Waals surface area contributed by atoms with E-state index in [0.717, 1.165) is 5.56 Å². The monoisotopic (exact) mass is 476 g/mol. The maximum atomic E-state index is 12.3. The first-order chi connectivity index (χ1) is 16.8. The number of aryl methyl sites for hydroxylation is 1. The van der Waals surface area contributed by atoms with Gasteiger partial charge in [0.2, 0.25) is 0 Å². The minimum Gasteiger partial charge on any atom is -0.493 e. The highest BCUT2D eigenvalue weighted by Gasteiger charge is 2.15. The number of amides is 2. The number of rotatable bonds is 7. The lowest BCUT2D eigenvalue weighted by Crippen LogP contribution is -2.32. The number of nitrogens with one attached hydrogen (secondary N) is 2. The third-order valence-electron chi connectivity index (χ3n) is 4.60. The van der Waals surface area contributed by atoms with Crippen molar-refractivity contribution in [2.24, 2.45) is 5.10 Å². The fraction of sp³-hybridized carbons (Fsp3) is 0.0833. The number of nitrogens with zero attached hydrogens (tertiary/aromatic N) is 2. The van der Waals surface area contributed by atoms with Gasteiger partial charge in [-0.3, -0.25) is 19.7 Å². The molecule has 2 N–H and O–H groups in total. The highest BCUT2D eigenvalue weighted by molar-refractivity contribution is 6.39. The van der Waals surface area contributed by atoms with E-state index >= 15 is 0 Å². The van der Waals surface area contributed by atoms with Gasteiger partial charge >= 0.3 is 17.8 Å². The van der Waals surface area contributed by atoms with E-state index in [1.165, 1.54) is 49.7 Å². The smallest absolute Gasteiger partial charge is 0.343 e. The van der Waals surface area contributed by atoms with Crippen LogP contribution in [0.2, 0.25) is 0 Å². The van der Waals surface area contributed by atoms with Crippen molar-refractivity contribution >= 4 is 35.4 Å². The molecule has 0 spiro atoms. The highest BCUT2D eigenvalue weighted by atomic mass is 16.6. The molecule has 178 valence electrons. The van der Waals surface area contributed by atoms with E-state index in [4.69, 9.17) is 9.47 Å². The summed E-state index contributed by atoms with van der Waals surface area (Å²) < 4.78 is 10.5. The first kappa shape index (κ1) is 24.6. The maximum Gasteiger partial charge on any atom is 0.343 e. The maximum absolute atomic E-state index is 12.3. The van der Waals surface area contributed by atoms with Crippen LogP contribution in [0, 0.1) is 17.0 Å². The summed E-state index contributed by atoms with van der Waals surface area (Å²) in [6.45, 7) is 1.90. The number of carbonyl (C=O) groups is 3. The molecule has 35 heavy (non-hydrogen) atoms. The number of esters is 1. The molecule has 11 nitrogen and oxygen atoms in total. The lowest BCUT2D eigenvalue weighted by atomic mass is 10.2. The summed E-state index contributed by atoms with van der Waals surface area (Å²) in [5.41, 5.74) is 4.07. The Hall–Kier alpha value is -5.06. The van der Waals surface area contributed by atoms with Crippen LogP contribution >= 0.6 is 0 Å². The molecule has 0 aromatic heterocycles. The number of hydrogen-bond acceptors (Lipinski definition) is 8. The largest absolute Gasteiger partial charge is 0.493 e. The lowest BCUT2D eigenvalue weighted by Gasteiger charge is -2.10. The second kappa shape index (κ2) is 11.2. The minimum atomic E-state index is -0.956. The van der Waals surface area contributed by atoms with Crippen LogP contribution in [0.4, 0.5) is 11.4 Å². The molecule has 0 unspecified atom stereocenters. The fourth-order valence-corrected chi connectivity index (χ4v) is 2.77. The van der Waals surface area contributed by atoms with Crippen LogP contribution in [0.5, 0.6) is 11.5 Å². The molecule has 0 saturated heterocycles. The first-order valence-electron chi connectivity index (χ1n) is 10.1. The van der Waals surface area contributed by atoms with Gasteiger partial charge in [-0.25, -0.2) is 10.2 Å². The molecular weight excluding hydrogens is 456 g/mol. The minimum absolute atomic E-state index is 0.106. The molecule has 0 saturated carbocycles. The van der Waals surface area contributed by atoms with Gasteiger partial charge in [0, 0.05) is 17.8 Å². The average Bonchev–Trinajstić information content (AvgIpc) is 2.86. The van der Waals surface area contributed by atoms with Gasteiger partial charge in [0.05, 0.1) is 23.8 Å². The lowest BCUT2D eigenvalue weighted by molar-refractivity contribution is -0.384. The van der Waals surface area contributed by atoms with Crippen LogP contribution in [0.25, 0.3) is 0 Å². The third-order valence-corrected chi connectivity index (χ3v) is 4.60. The van der Waals surface area contributed by atoms with Gasteiger partial charge in [0.1, 0.15) is 0 Å². The first-order valence-corrected chi connectivity index (χ1v) is 10.1. The van der Waals surface area contributed by atoms with Gasteiger partial charge in [-0.15, -0.1) is 0 Å². The van der Waals surface area contributed by atoms with Crippen molar-refractivity contribution in [3.05, 3.63) is 93.5 Å². The van der Waals surface area contributed by atoms with Gasteiger partial charge in [-0.05, 0) is 55.0 Å². The molecule has 0 bridgehead atoms. The summed E-state index contributed by atoms with van der Waals surface area (Å²) in [5.74, 6) is -2.26. The molecule has 0 aliphatic heterocycles. The van der Waals surface area contributed by atoms with Gasteiger partial charge in [0.25, 0.3) is 5.69 Å². The number of ether oxygens (including phenoxy) is 2. The molecule has 3 aromatic carbocycles. The molecule has 2 amide bonds. The molecule has 0 fully saturated rings. The number of non-ortho nitro benzene ring substituents is 1. The quantitative estimate of drug-likeness (QED) is 0.133. The Morgan fingerprint density at radius 1 is 0.943 bits per heavy atom. The van der Waals surface area contributed by atoms with E-state index in [0.29, 0.717) is 11.3 Å². The number of hydrogen-bond donors (Lipinski definition) is 2. The Kier molecular flexibility index (Phi) is 7.86. The van der Waals surface area contributed by atoms with E-state index < -0.39 is 22.7 Å². The molecule has 0 heterocycles. The summed E-state index contributed by atoms with van der Waals surface area (Å²) in [7, 11) is 1.37. The molecule has 0 atom stereocenters. The standard InChI is InChI=1S/C24H20N4O7/c1-15-3-8-18(9-4-15)26-22(29)23(30)27-25-14-16-5-12-20(21(13-16)34-2)35-24(31)17-6-10-19(11-7-17)28(32)33/h3-14H,1-2H3,(H,26,29)(H,27,30)/b25-14+. The summed E-state index contributed by atoms with van der Waals surface area (Å²) in [5, 5.41) is 16.9. The molecule has 3 aromatic rings. The summed E-state index contributed by atoms with van der Waals surface area (Å²) in [4.78, 5) is 46.4. The molecule has 0 radical (unpaired) electrons. The van der Waals surface area contributed by atoms with Crippen LogP contribution in [0.3, 0.4) is 0 Å². The Morgan fingerprint density at radius 3 is 2.26 bits per heavy atom. The number of hydrazone groups is 1. The Bertz CT molecular complexity index is 1290. The van der Waals surface area contributed by atoms with Crippen LogP contribution in [0.15, 0.2) is 71.8 Å². The van der Waals surface area contributed by atoms with E-state index in [9.17, 15) is 24.5 Å². The van der Waals surface area contributed by atoms with E-state index in [1.807, 2.05) is 6.92 Å². The van der Waals surface area contributed by atoms with Crippen molar-refractivity contribution in [3.8, 4) is 11.5 Å². The van der Waals surface area contributed by atoms with Gasteiger partial charge in [-0.2, -0.15) is 5.10 Å². The number of anilines is 1. The molecule has 3 rings (SSSR count). The predicted molar refractivity (Wildman–Crippen MR) is 127 cm³/mol. The molecule has 0 aliphatic carbocycles. The Balaban J connectivity index is 1.60. The van der Waals surface area contributed by atoms with Crippen molar-refractivity contribution in [2.45, 2.75) is 6.92 Å². The number of nitro groups is 1. The van der Waals surface area contributed by atoms with E-state index in [2.05, 4.69) is 15.8 Å². The zero-order valence-electron chi connectivity index (χ0n) is 18.7. The topological polar surface area (TPSA) is 149 Å². The van der Waals surface area contributed by atoms with Crippen LogP contribution in [0.1, 0.15) is 21.5 Å². The van der Waals surface area contributed by atoms with Crippen molar-refractivity contribution in [2.75, 3.05) is 12.4 Å². The highest BCUT2D eigenvalue weighted by Crippen LogP contribution is 2.28. The van der Waals surface area contributed by atoms with Crippen molar-refractivity contribution in [1.82, 2.24) is 5.43 Å². The predicted octanol–water partition coefficient (Wildman–Crippen LogP) is 3.22. The number of carbonyl (C=O) groups excluding carboxylic acids is 3. The van der Waals surface area contributed by atoms with Crippen LogP contribution in [-0.4, -0.2) is 36.0 Å². The second-order valence-corrected chi connectivity index (χ2v) is 7.12. The second-order valence-electron chi connectivity index (χ2n) is 7.12. The third kappa shape index (κ3) is 6.71. The van der Waals surface area contributed by atoms with Crippen molar-refractivity contribution in [3.63, 3.8) is 0 Å². The van der Waals surface area contributed by atoms with Gasteiger partial charge in [0.15, 0.2) is 11.5 Å². The normalized spacial score (nSPS) is 10.5. The summed E-state index contributed by atoms with van der Waals surface area (Å²) in [6, 6.07) is 16.4. The van der Waals surface area contributed by atoms with Crippen molar-refractivity contribution < 1.29 is 28.8 Å². The van der Waals surface area contributed by atoms with Gasteiger partial charge < -0.3 is 14.8 Å². The zero-order valence-corrected chi connectivity index (χ0v) is 18.7. The van der Waals surface area contributed by atoms with E-state index in [1.54, 1.807) is 30.3 Å². The average molecular weight is 476 g/mol. The SMILES string of the molecule is COc1cc(/C=N/NC(=O)C(=O)Nc2ccc(C)cc2)ccc1OC(=O)c1ccc([N+](=O)[O-])cc1. The van der Waals surface area contributed by atoms with Crippen molar-refractivity contribution in [1.29, 1.82) is 0 Å². The molecular formula is C24H20N4O7. The number of benzene rings is 3. The summed E-state index contributed by atoms with van der Waals surface area (Å²) in [6.07, 6.45) is 1.28. The zero-order chi connectivity index (χ0) is 25.4. The van der Waals surface area contributed by atoms with Crippen LogP contribution in [-0.2, 0) is 9.59 Å². The molecule has 11 heteroatoms. The van der Waals surface area contributed by atoms with Gasteiger partial charge in [-0.1, -0.05) is 17.7 Å². The Labute approximate surface area is 199 Å². The number of nitro benzene ring substituents is 1. The van der Waals surface area contributed by atoms with E-state index in [-0.39, 0.29) is 22.7 Å². The molecule has 0 aliphatic rings. The summed E-state index contributed by atoms with van der Waals surface area (Å²) >= 11 is 0. The Morgan fingerprint density at radius 2 is 1.63 bits per heavy atom. The van der Waals surface area contributed by atoms with Crippen LogP contribution < -0.4 is 20.2 Å². The number of methoxy groups -OCH3 is 1.